The second kappa shape index (κ2) is 10.1. The van der Waals surface area contributed by atoms with Crippen LogP contribution < -0.4 is 5.32 Å². The number of rotatable bonds is 7. The zero-order chi connectivity index (χ0) is 25.9. The van der Waals surface area contributed by atoms with E-state index in [1.165, 1.54) is 24.3 Å². The molecule has 0 unspecified atom stereocenters. The number of halogens is 6. The molecule has 1 N–H and O–H groups in total. The molecular formula is C26H24F6N2O. The highest BCUT2D eigenvalue weighted by Gasteiger charge is 2.40. The third-order valence-electron chi connectivity index (χ3n) is 5.49. The molecule has 3 aromatic rings. The van der Waals surface area contributed by atoms with Crippen LogP contribution in [-0.2, 0) is 29.1 Å². The minimum Gasteiger partial charge on any atom is -0.341 e. The Labute approximate surface area is 199 Å². The molecule has 1 amide bonds. The van der Waals surface area contributed by atoms with Crippen LogP contribution in [0.1, 0.15) is 27.8 Å². The summed E-state index contributed by atoms with van der Waals surface area (Å²) in [5, 5.41) is 2.78. The van der Waals surface area contributed by atoms with E-state index in [1.807, 2.05) is 0 Å². The topological polar surface area (TPSA) is 32.3 Å². The average molecular weight is 494 g/mol. The summed E-state index contributed by atoms with van der Waals surface area (Å²) < 4.78 is 81.6. The molecule has 0 atom stereocenters. The molecule has 0 saturated carbocycles. The number of likely N-dealkylation sites (N-methyl/N-ethyl adjacent to an activating group) is 1. The van der Waals surface area contributed by atoms with Crippen molar-refractivity contribution in [2.24, 2.45) is 0 Å². The fourth-order valence-corrected chi connectivity index (χ4v) is 3.95. The van der Waals surface area contributed by atoms with Crippen molar-refractivity contribution in [2.75, 3.05) is 20.6 Å². The van der Waals surface area contributed by atoms with Gasteiger partial charge in [-0.3, -0.25) is 4.79 Å². The van der Waals surface area contributed by atoms with Crippen LogP contribution in [0.15, 0.2) is 78.9 Å². The zero-order valence-electron chi connectivity index (χ0n) is 19.0. The lowest BCUT2D eigenvalue weighted by Gasteiger charge is -2.37. The Kier molecular flexibility index (Phi) is 7.59. The summed E-state index contributed by atoms with van der Waals surface area (Å²) in [6.07, 6.45) is -9.44. The van der Waals surface area contributed by atoms with E-state index in [9.17, 15) is 31.1 Å². The second-order valence-electron chi connectivity index (χ2n) is 8.51. The molecule has 3 rings (SSSR count). The molecule has 35 heavy (non-hydrogen) atoms. The molecule has 0 heterocycles. The first-order valence-electron chi connectivity index (χ1n) is 10.7. The Morgan fingerprint density at radius 2 is 1.17 bits per heavy atom. The van der Waals surface area contributed by atoms with E-state index in [1.54, 1.807) is 49.3 Å². The summed E-state index contributed by atoms with van der Waals surface area (Å²) in [5.41, 5.74) is -3.00. The molecule has 0 aliphatic rings. The van der Waals surface area contributed by atoms with Crippen LogP contribution in [0.3, 0.4) is 0 Å². The molecule has 9 heteroatoms. The highest BCUT2D eigenvalue weighted by molar-refractivity contribution is 5.80. The Morgan fingerprint density at radius 1 is 0.714 bits per heavy atom. The maximum atomic E-state index is 13.6. The molecule has 3 nitrogen and oxygen atoms in total. The van der Waals surface area contributed by atoms with Crippen LogP contribution in [0, 0.1) is 0 Å². The number of nitrogens with zero attached hydrogens (tertiary/aromatic N) is 1. The molecule has 0 aliphatic heterocycles. The fraction of sp³-hybridized carbons (Fsp3) is 0.269. The molecule has 0 radical (unpaired) electrons. The molecule has 0 aromatic heterocycles. The highest BCUT2D eigenvalue weighted by atomic mass is 19.4. The van der Waals surface area contributed by atoms with E-state index in [4.69, 9.17) is 0 Å². The number of amides is 1. The third-order valence-corrected chi connectivity index (χ3v) is 5.49. The quantitative estimate of drug-likeness (QED) is 0.416. The molecule has 3 aromatic carbocycles. The molecule has 0 bridgehead atoms. The first-order valence-corrected chi connectivity index (χ1v) is 10.7. The van der Waals surface area contributed by atoms with Crippen molar-refractivity contribution in [1.82, 2.24) is 10.2 Å². The Balaban J connectivity index is 2.32. The highest BCUT2D eigenvalue weighted by Crippen LogP contribution is 2.39. The van der Waals surface area contributed by atoms with Crippen LogP contribution in [0.25, 0.3) is 0 Å². The number of hydrogen-bond acceptors (Lipinski definition) is 2. The van der Waals surface area contributed by atoms with Crippen molar-refractivity contribution in [1.29, 1.82) is 0 Å². The van der Waals surface area contributed by atoms with Gasteiger partial charge in [-0.05, 0) is 55.1 Å². The van der Waals surface area contributed by atoms with Crippen molar-refractivity contribution in [3.05, 3.63) is 107 Å². The first kappa shape index (κ1) is 26.3. The predicted molar refractivity (Wildman–Crippen MR) is 121 cm³/mol. The molecule has 0 fully saturated rings. The van der Waals surface area contributed by atoms with Crippen LogP contribution >= 0.6 is 0 Å². The van der Waals surface area contributed by atoms with Gasteiger partial charge in [0.15, 0.2) is 0 Å². The average Bonchev–Trinajstić information content (AvgIpc) is 2.78. The van der Waals surface area contributed by atoms with Gasteiger partial charge in [0.2, 0.25) is 5.91 Å². The lowest BCUT2D eigenvalue weighted by atomic mass is 9.77. The van der Waals surface area contributed by atoms with Crippen LogP contribution in [0.5, 0.6) is 0 Å². The van der Waals surface area contributed by atoms with Crippen LogP contribution in [0.2, 0.25) is 0 Å². The zero-order valence-corrected chi connectivity index (χ0v) is 19.0. The summed E-state index contributed by atoms with van der Waals surface area (Å²) in [5.74, 6) is -0.555. The lowest BCUT2D eigenvalue weighted by Crippen LogP contribution is -2.51. The van der Waals surface area contributed by atoms with E-state index in [-0.39, 0.29) is 24.1 Å². The number of carbonyl (C=O) groups excluding carboxylic acids is 1. The van der Waals surface area contributed by atoms with Gasteiger partial charge in [-0.25, -0.2) is 0 Å². The van der Waals surface area contributed by atoms with E-state index in [0.29, 0.717) is 5.56 Å². The van der Waals surface area contributed by atoms with E-state index in [2.05, 4.69) is 5.32 Å². The summed E-state index contributed by atoms with van der Waals surface area (Å²) in [7, 11) is 3.26. The van der Waals surface area contributed by atoms with E-state index >= 15 is 0 Å². The SMILES string of the molecule is CN(C)CC(=O)NC(Cc1ccccc1)(c1cccc(C(F)(F)F)c1)c1cccc(C(F)(F)F)c1. The monoisotopic (exact) mass is 494 g/mol. The van der Waals surface area contributed by atoms with Gasteiger partial charge in [0.05, 0.1) is 23.2 Å². The molecule has 0 aliphatic carbocycles. The largest absolute Gasteiger partial charge is 0.416 e. The maximum absolute atomic E-state index is 13.6. The van der Waals surface area contributed by atoms with E-state index in [0.717, 1.165) is 24.3 Å². The molecular weight excluding hydrogens is 470 g/mol. The number of alkyl halides is 6. The standard InChI is InChI=1S/C26H24F6N2O/c1-34(2)17-23(35)33-24(16-18-8-4-3-5-9-18,19-10-6-12-21(14-19)25(27,28)29)20-11-7-13-22(15-20)26(30,31)32/h3-15H,16-17H2,1-2H3,(H,33,35). The Bertz CT molecular complexity index is 1100. The van der Waals surface area contributed by atoms with Crippen molar-refractivity contribution in [3.8, 4) is 0 Å². The van der Waals surface area contributed by atoms with Gasteiger partial charge < -0.3 is 10.2 Å². The minimum atomic E-state index is -4.68. The van der Waals surface area contributed by atoms with Crippen molar-refractivity contribution in [2.45, 2.75) is 24.3 Å². The summed E-state index contributed by atoms with van der Waals surface area (Å²) >= 11 is 0. The smallest absolute Gasteiger partial charge is 0.341 e. The second-order valence-corrected chi connectivity index (χ2v) is 8.51. The Hall–Kier alpha value is -3.33. The van der Waals surface area contributed by atoms with Crippen LogP contribution in [0.4, 0.5) is 26.3 Å². The van der Waals surface area contributed by atoms with Gasteiger partial charge in [0, 0.05) is 6.42 Å². The summed E-state index contributed by atoms with van der Waals surface area (Å²) in [6, 6.07) is 17.2. The van der Waals surface area contributed by atoms with Crippen molar-refractivity contribution < 1.29 is 31.1 Å². The normalized spacial score (nSPS) is 12.6. The number of benzene rings is 3. The van der Waals surface area contributed by atoms with Gasteiger partial charge in [0.25, 0.3) is 0 Å². The third kappa shape index (κ3) is 6.42. The minimum absolute atomic E-state index is 0.0163. The number of carbonyl (C=O) groups is 1. The first-order chi connectivity index (χ1) is 16.3. The lowest BCUT2D eigenvalue weighted by molar-refractivity contribution is -0.138. The number of hydrogen-bond donors (Lipinski definition) is 1. The summed E-state index contributed by atoms with van der Waals surface area (Å²) in [6.45, 7) is -0.117. The van der Waals surface area contributed by atoms with Gasteiger partial charge in [-0.1, -0.05) is 54.6 Å². The molecule has 186 valence electrons. The van der Waals surface area contributed by atoms with Gasteiger partial charge >= 0.3 is 12.4 Å². The Morgan fingerprint density at radius 3 is 1.60 bits per heavy atom. The fourth-order valence-electron chi connectivity index (χ4n) is 3.95. The van der Waals surface area contributed by atoms with Crippen molar-refractivity contribution in [3.63, 3.8) is 0 Å². The van der Waals surface area contributed by atoms with Gasteiger partial charge in [-0.15, -0.1) is 0 Å². The van der Waals surface area contributed by atoms with E-state index < -0.39 is 34.9 Å². The molecule has 0 saturated heterocycles. The van der Waals surface area contributed by atoms with Gasteiger partial charge in [0.1, 0.15) is 0 Å². The van der Waals surface area contributed by atoms with Crippen LogP contribution in [-0.4, -0.2) is 31.4 Å². The predicted octanol–water partition coefficient (Wildman–Crippen LogP) is 5.89. The maximum Gasteiger partial charge on any atom is 0.416 e. The summed E-state index contributed by atoms with van der Waals surface area (Å²) in [4.78, 5) is 14.5. The number of nitrogens with one attached hydrogen (secondary N) is 1. The molecule has 0 spiro atoms. The van der Waals surface area contributed by atoms with Gasteiger partial charge in [-0.2, -0.15) is 26.3 Å². The van der Waals surface area contributed by atoms with Crippen molar-refractivity contribution >= 4 is 5.91 Å².